The maximum atomic E-state index is 12.4. The van der Waals surface area contributed by atoms with E-state index in [2.05, 4.69) is 21.5 Å². The molecule has 0 spiro atoms. The Morgan fingerprint density at radius 2 is 2.14 bits per heavy atom. The molecule has 1 aliphatic rings. The number of nitrogens with one attached hydrogen (secondary N) is 1. The van der Waals surface area contributed by atoms with Gasteiger partial charge in [0, 0.05) is 18.6 Å². The van der Waals surface area contributed by atoms with Gasteiger partial charge in [0.15, 0.2) is 0 Å². The van der Waals surface area contributed by atoms with Gasteiger partial charge >= 0.3 is 0 Å². The number of pyridine rings is 1. The maximum absolute atomic E-state index is 12.4. The third-order valence-corrected chi connectivity index (χ3v) is 4.02. The quantitative estimate of drug-likeness (QED) is 0.941. The predicted octanol–water partition coefficient (Wildman–Crippen LogP) is 2.22. The lowest BCUT2D eigenvalue weighted by molar-refractivity contribution is 0.0897. The third-order valence-electron chi connectivity index (χ3n) is 4.02. The average Bonchev–Trinajstić information content (AvgIpc) is 3.10. The summed E-state index contributed by atoms with van der Waals surface area (Å²) >= 11 is 0. The normalized spacial score (nSPS) is 16.7. The molecule has 0 aromatic carbocycles. The Morgan fingerprint density at radius 1 is 1.32 bits per heavy atom. The standard InChI is InChI=1S/C16H17N5O/c17-12-16(6-2-1-3-7-16)20-15(22)14-11-13(5-9-18-14)21-10-4-8-19-21/h4-5,8-11H,1-3,6-7H2,(H,20,22). The van der Waals surface area contributed by atoms with Crippen molar-refractivity contribution in [3.05, 3.63) is 42.5 Å². The van der Waals surface area contributed by atoms with E-state index >= 15 is 0 Å². The molecule has 1 aliphatic carbocycles. The molecule has 1 saturated carbocycles. The fourth-order valence-corrected chi connectivity index (χ4v) is 2.81. The van der Waals surface area contributed by atoms with Gasteiger partial charge in [-0.1, -0.05) is 19.3 Å². The molecule has 0 atom stereocenters. The van der Waals surface area contributed by atoms with Gasteiger partial charge in [0.2, 0.25) is 0 Å². The van der Waals surface area contributed by atoms with Gasteiger partial charge in [0.1, 0.15) is 11.2 Å². The van der Waals surface area contributed by atoms with Gasteiger partial charge in [-0.15, -0.1) is 0 Å². The van der Waals surface area contributed by atoms with Crippen LogP contribution in [0.4, 0.5) is 0 Å². The van der Waals surface area contributed by atoms with Crippen molar-refractivity contribution in [2.45, 2.75) is 37.6 Å². The minimum Gasteiger partial charge on any atom is -0.332 e. The van der Waals surface area contributed by atoms with Gasteiger partial charge in [-0.3, -0.25) is 9.78 Å². The third kappa shape index (κ3) is 2.84. The van der Waals surface area contributed by atoms with Gasteiger partial charge in [-0.2, -0.15) is 10.4 Å². The Hall–Kier alpha value is -2.68. The van der Waals surface area contributed by atoms with Crippen LogP contribution in [0, 0.1) is 11.3 Å². The fourth-order valence-electron chi connectivity index (χ4n) is 2.81. The summed E-state index contributed by atoms with van der Waals surface area (Å²) in [6, 6.07) is 7.55. The maximum Gasteiger partial charge on any atom is 0.271 e. The largest absolute Gasteiger partial charge is 0.332 e. The summed E-state index contributed by atoms with van der Waals surface area (Å²) in [5, 5.41) is 16.5. The van der Waals surface area contributed by atoms with Crippen LogP contribution < -0.4 is 5.32 Å². The van der Waals surface area contributed by atoms with E-state index in [1.54, 1.807) is 35.4 Å². The Bertz CT molecular complexity index is 696. The number of carbonyl (C=O) groups excluding carboxylic acids is 1. The number of nitriles is 1. The van der Waals surface area contributed by atoms with Crippen LogP contribution in [-0.2, 0) is 0 Å². The lowest BCUT2D eigenvalue weighted by Gasteiger charge is -2.31. The Labute approximate surface area is 128 Å². The zero-order valence-electron chi connectivity index (χ0n) is 12.2. The van der Waals surface area contributed by atoms with Crippen molar-refractivity contribution in [2.75, 3.05) is 0 Å². The summed E-state index contributed by atoms with van der Waals surface area (Å²) in [6.45, 7) is 0. The summed E-state index contributed by atoms with van der Waals surface area (Å²) in [4.78, 5) is 16.6. The zero-order valence-corrected chi connectivity index (χ0v) is 12.2. The highest BCUT2D eigenvalue weighted by Crippen LogP contribution is 2.27. The Morgan fingerprint density at radius 3 is 2.82 bits per heavy atom. The number of hydrogen-bond donors (Lipinski definition) is 1. The van der Waals surface area contributed by atoms with Gasteiger partial charge in [0.25, 0.3) is 5.91 Å². The van der Waals surface area contributed by atoms with Crippen LogP contribution in [0.1, 0.15) is 42.6 Å². The molecule has 0 radical (unpaired) electrons. The van der Waals surface area contributed by atoms with Crippen LogP contribution in [0.25, 0.3) is 5.69 Å². The number of carbonyl (C=O) groups is 1. The van der Waals surface area contributed by atoms with E-state index in [0.29, 0.717) is 18.5 Å². The van der Waals surface area contributed by atoms with E-state index in [0.717, 1.165) is 24.9 Å². The first-order chi connectivity index (χ1) is 10.7. The van der Waals surface area contributed by atoms with Crippen molar-refractivity contribution >= 4 is 5.91 Å². The van der Waals surface area contributed by atoms with Crippen LogP contribution >= 0.6 is 0 Å². The molecule has 112 valence electrons. The average molecular weight is 295 g/mol. The lowest BCUT2D eigenvalue weighted by Crippen LogP contribution is -2.48. The smallest absolute Gasteiger partial charge is 0.271 e. The number of nitrogens with zero attached hydrogens (tertiary/aromatic N) is 4. The van der Waals surface area contributed by atoms with E-state index in [1.807, 2.05) is 6.07 Å². The van der Waals surface area contributed by atoms with Crippen LogP contribution in [-0.4, -0.2) is 26.2 Å². The highest BCUT2D eigenvalue weighted by molar-refractivity contribution is 5.93. The number of aromatic nitrogens is 3. The molecular weight excluding hydrogens is 278 g/mol. The first-order valence-corrected chi connectivity index (χ1v) is 7.42. The first kappa shape index (κ1) is 14.3. The van der Waals surface area contributed by atoms with Crippen LogP contribution in [0.5, 0.6) is 0 Å². The van der Waals surface area contributed by atoms with Crippen molar-refractivity contribution < 1.29 is 4.79 Å². The molecule has 1 amide bonds. The summed E-state index contributed by atoms with van der Waals surface area (Å²) < 4.78 is 1.67. The van der Waals surface area contributed by atoms with Gasteiger partial charge < -0.3 is 5.32 Å². The van der Waals surface area contributed by atoms with E-state index in [4.69, 9.17) is 0 Å². The van der Waals surface area contributed by atoms with E-state index in [-0.39, 0.29) is 5.91 Å². The van der Waals surface area contributed by atoms with E-state index in [9.17, 15) is 10.1 Å². The first-order valence-electron chi connectivity index (χ1n) is 7.42. The molecular formula is C16H17N5O. The number of hydrogen-bond acceptors (Lipinski definition) is 4. The molecule has 0 aliphatic heterocycles. The van der Waals surface area contributed by atoms with E-state index < -0.39 is 5.54 Å². The van der Waals surface area contributed by atoms with Crippen molar-refractivity contribution in [2.24, 2.45) is 0 Å². The van der Waals surface area contributed by atoms with E-state index in [1.165, 1.54) is 0 Å². The second-order valence-corrected chi connectivity index (χ2v) is 5.56. The Kier molecular flexibility index (Phi) is 3.88. The predicted molar refractivity (Wildman–Crippen MR) is 80.3 cm³/mol. The molecule has 2 heterocycles. The van der Waals surface area contributed by atoms with Crippen molar-refractivity contribution in [3.8, 4) is 11.8 Å². The molecule has 6 nitrogen and oxygen atoms in total. The van der Waals surface area contributed by atoms with Crippen LogP contribution in [0.3, 0.4) is 0 Å². The summed E-state index contributed by atoms with van der Waals surface area (Å²) in [5.74, 6) is -0.308. The monoisotopic (exact) mass is 295 g/mol. The summed E-state index contributed by atoms with van der Waals surface area (Å²) in [6.07, 6.45) is 9.51. The van der Waals surface area contributed by atoms with Gasteiger partial charge in [-0.05, 0) is 31.0 Å². The number of rotatable bonds is 3. The zero-order chi connectivity index (χ0) is 15.4. The fraction of sp³-hybridized carbons (Fsp3) is 0.375. The molecule has 2 aromatic rings. The molecule has 1 fully saturated rings. The molecule has 22 heavy (non-hydrogen) atoms. The minimum absolute atomic E-state index is 0.299. The molecule has 0 saturated heterocycles. The molecule has 1 N–H and O–H groups in total. The molecule has 2 aromatic heterocycles. The lowest BCUT2D eigenvalue weighted by atomic mass is 9.83. The highest BCUT2D eigenvalue weighted by Gasteiger charge is 2.34. The molecule has 0 bridgehead atoms. The molecule has 0 unspecified atom stereocenters. The van der Waals surface area contributed by atoms with Crippen molar-refractivity contribution in [3.63, 3.8) is 0 Å². The minimum atomic E-state index is -0.751. The summed E-state index contributed by atoms with van der Waals surface area (Å²) in [7, 11) is 0. The van der Waals surface area contributed by atoms with Crippen LogP contribution in [0.2, 0.25) is 0 Å². The molecule has 3 rings (SSSR count). The second kappa shape index (κ2) is 5.98. The van der Waals surface area contributed by atoms with Gasteiger partial charge in [-0.25, -0.2) is 4.68 Å². The molecule has 6 heteroatoms. The van der Waals surface area contributed by atoms with Crippen molar-refractivity contribution in [1.29, 1.82) is 5.26 Å². The second-order valence-electron chi connectivity index (χ2n) is 5.56. The Balaban J connectivity index is 1.80. The van der Waals surface area contributed by atoms with Crippen LogP contribution in [0.15, 0.2) is 36.8 Å². The topological polar surface area (TPSA) is 83.6 Å². The van der Waals surface area contributed by atoms with Crippen molar-refractivity contribution in [1.82, 2.24) is 20.1 Å². The van der Waals surface area contributed by atoms with Gasteiger partial charge in [0.05, 0.1) is 11.8 Å². The summed E-state index contributed by atoms with van der Waals surface area (Å²) in [5.41, 5.74) is 0.312. The number of amides is 1. The highest BCUT2D eigenvalue weighted by atomic mass is 16.2. The SMILES string of the molecule is N#CC1(NC(=O)c2cc(-n3cccn3)ccn2)CCCCC1.